The predicted octanol–water partition coefficient (Wildman–Crippen LogP) is 6.03. The summed E-state index contributed by atoms with van der Waals surface area (Å²) in [6, 6.07) is 34.3. The third-order valence-corrected chi connectivity index (χ3v) is 8.49. The van der Waals surface area contributed by atoms with Gasteiger partial charge in [-0.15, -0.1) is 0 Å². The first-order chi connectivity index (χ1) is 23.1. The number of nitrogens with one attached hydrogen (secondary N) is 4. The second kappa shape index (κ2) is 15.4. The minimum atomic E-state index is -0.940. The van der Waals surface area contributed by atoms with E-state index in [0.29, 0.717) is 25.3 Å². The van der Waals surface area contributed by atoms with Crippen molar-refractivity contribution in [1.29, 1.82) is 0 Å². The number of methoxy groups -OCH3 is 1. The quantitative estimate of drug-likeness (QED) is 0.134. The van der Waals surface area contributed by atoms with Crippen LogP contribution in [0.3, 0.4) is 0 Å². The summed E-state index contributed by atoms with van der Waals surface area (Å²) in [5.41, 5.74) is 4.51. The van der Waals surface area contributed by atoms with Gasteiger partial charge in [-0.05, 0) is 59.2 Å². The molecule has 9 nitrogen and oxygen atoms in total. The minimum absolute atomic E-state index is 0.0127. The van der Waals surface area contributed by atoms with E-state index >= 15 is 0 Å². The van der Waals surface area contributed by atoms with Gasteiger partial charge in [0, 0.05) is 42.5 Å². The molecule has 1 saturated heterocycles. The van der Waals surface area contributed by atoms with E-state index in [1.807, 2.05) is 115 Å². The van der Waals surface area contributed by atoms with E-state index < -0.39 is 18.1 Å². The molecule has 0 unspecified atom stereocenters. The SMILES string of the molecule is COC(=O)N[C@H](C(=O)Nc1ccccc1CC[C@@H]1CNC[C@@H](COc2ccc3cc[nH]c3c2)O1)C(c1ccccc1)c1ccccc1. The van der Waals surface area contributed by atoms with Crippen LogP contribution in [-0.2, 0) is 20.7 Å². The first-order valence-electron chi connectivity index (χ1n) is 16.0. The summed E-state index contributed by atoms with van der Waals surface area (Å²) in [6.07, 6.45) is 2.59. The monoisotopic (exact) mass is 632 g/mol. The van der Waals surface area contributed by atoms with Crippen molar-refractivity contribution in [1.82, 2.24) is 15.6 Å². The number of hydrogen-bond acceptors (Lipinski definition) is 6. The van der Waals surface area contributed by atoms with Crippen molar-refractivity contribution in [3.8, 4) is 5.75 Å². The van der Waals surface area contributed by atoms with Crippen LogP contribution in [-0.4, -0.2) is 62.0 Å². The molecule has 0 radical (unpaired) electrons. The molecule has 3 atom stereocenters. The highest BCUT2D eigenvalue weighted by molar-refractivity contribution is 5.98. The average Bonchev–Trinajstić information content (AvgIpc) is 3.59. The van der Waals surface area contributed by atoms with Crippen LogP contribution in [0, 0.1) is 0 Å². The maximum atomic E-state index is 14.1. The van der Waals surface area contributed by atoms with Crippen LogP contribution in [0.25, 0.3) is 10.9 Å². The van der Waals surface area contributed by atoms with Crippen LogP contribution in [0.2, 0.25) is 0 Å². The molecule has 1 fully saturated rings. The number of hydrogen-bond donors (Lipinski definition) is 4. The lowest BCUT2D eigenvalue weighted by Gasteiger charge is -2.31. The molecule has 242 valence electrons. The Kier molecular flexibility index (Phi) is 10.5. The molecule has 6 rings (SSSR count). The van der Waals surface area contributed by atoms with Gasteiger partial charge in [-0.25, -0.2) is 4.79 Å². The molecular formula is C38H40N4O5. The number of alkyl carbamates (subject to hydrolysis) is 1. The van der Waals surface area contributed by atoms with Gasteiger partial charge in [0.1, 0.15) is 24.5 Å². The summed E-state index contributed by atoms with van der Waals surface area (Å²) in [4.78, 5) is 29.8. The van der Waals surface area contributed by atoms with Crippen molar-refractivity contribution in [2.75, 3.05) is 32.1 Å². The van der Waals surface area contributed by atoms with Gasteiger partial charge >= 0.3 is 6.09 Å². The molecule has 47 heavy (non-hydrogen) atoms. The fraction of sp³-hybridized carbons (Fsp3) is 0.263. The van der Waals surface area contributed by atoms with Gasteiger partial charge in [0.25, 0.3) is 0 Å². The molecule has 0 bridgehead atoms. The number of aromatic amines is 1. The Morgan fingerprint density at radius 2 is 1.57 bits per heavy atom. The lowest BCUT2D eigenvalue weighted by molar-refractivity contribution is -0.118. The van der Waals surface area contributed by atoms with Crippen LogP contribution in [0.4, 0.5) is 10.5 Å². The first kappa shape index (κ1) is 31.8. The van der Waals surface area contributed by atoms with Crippen molar-refractivity contribution < 1.29 is 23.8 Å². The Bertz CT molecular complexity index is 1720. The molecule has 5 aromatic rings. The number of aromatic nitrogens is 1. The summed E-state index contributed by atoms with van der Waals surface area (Å²) in [5, 5.41) is 10.5. The average molecular weight is 633 g/mol. The molecular weight excluding hydrogens is 592 g/mol. The van der Waals surface area contributed by atoms with Gasteiger partial charge in [0.2, 0.25) is 5.91 Å². The summed E-state index contributed by atoms with van der Waals surface area (Å²) >= 11 is 0. The van der Waals surface area contributed by atoms with E-state index in [0.717, 1.165) is 46.3 Å². The maximum Gasteiger partial charge on any atom is 0.407 e. The molecule has 4 aromatic carbocycles. The van der Waals surface area contributed by atoms with Crippen LogP contribution in [0.1, 0.15) is 29.0 Å². The standard InChI is InChI=1S/C38H40N4O5/c1-45-38(44)42-36(35(28-11-4-2-5-12-28)29-13-6-3-7-14-29)37(43)41-33-15-9-8-10-26(33)17-19-31-23-39-24-32(47-31)25-46-30-18-16-27-20-21-40-34(27)22-30/h2-16,18,20-22,31-32,35-36,39-40H,17,19,23-25H2,1H3,(H,41,43)(H,42,44)/t31-,32+,36+/m1/s1. The third-order valence-electron chi connectivity index (χ3n) is 8.49. The number of benzene rings is 4. The van der Waals surface area contributed by atoms with Gasteiger partial charge in [0.05, 0.1) is 13.2 Å². The van der Waals surface area contributed by atoms with Gasteiger partial charge in [-0.2, -0.15) is 0 Å². The summed E-state index contributed by atoms with van der Waals surface area (Å²) < 4.78 is 17.4. The van der Waals surface area contributed by atoms with E-state index in [4.69, 9.17) is 14.2 Å². The number of para-hydroxylation sites is 1. The van der Waals surface area contributed by atoms with E-state index in [2.05, 4.69) is 20.9 Å². The minimum Gasteiger partial charge on any atom is -0.491 e. The Morgan fingerprint density at radius 3 is 2.32 bits per heavy atom. The van der Waals surface area contributed by atoms with Gasteiger partial charge in [-0.3, -0.25) is 4.79 Å². The normalized spacial score (nSPS) is 16.8. The Hall–Kier alpha value is -5.12. The first-order valence-corrected chi connectivity index (χ1v) is 16.0. The zero-order valence-electron chi connectivity index (χ0n) is 26.4. The van der Waals surface area contributed by atoms with Crippen molar-refractivity contribution in [2.24, 2.45) is 0 Å². The molecule has 1 aromatic heterocycles. The lowest BCUT2D eigenvalue weighted by atomic mass is 9.84. The van der Waals surface area contributed by atoms with Crippen LogP contribution >= 0.6 is 0 Å². The third kappa shape index (κ3) is 8.19. The number of amides is 2. The number of morpholine rings is 1. The highest BCUT2D eigenvalue weighted by atomic mass is 16.5. The molecule has 9 heteroatoms. The number of H-pyrrole nitrogens is 1. The summed E-state index contributed by atoms with van der Waals surface area (Å²) in [6.45, 7) is 1.90. The molecule has 0 saturated carbocycles. The highest BCUT2D eigenvalue weighted by Crippen LogP contribution is 2.30. The van der Waals surface area contributed by atoms with Crippen molar-refractivity contribution in [3.63, 3.8) is 0 Å². The molecule has 2 heterocycles. The second-order valence-electron chi connectivity index (χ2n) is 11.7. The number of carbonyl (C=O) groups excluding carboxylic acids is 2. The second-order valence-corrected chi connectivity index (χ2v) is 11.7. The Morgan fingerprint density at radius 1 is 0.872 bits per heavy atom. The van der Waals surface area contributed by atoms with Gasteiger partial charge in [-0.1, -0.05) is 78.9 Å². The number of fused-ring (bicyclic) bond motifs is 1. The van der Waals surface area contributed by atoms with Gasteiger partial charge in [0.15, 0.2) is 0 Å². The van der Waals surface area contributed by atoms with Crippen molar-refractivity contribution in [2.45, 2.75) is 37.0 Å². The van der Waals surface area contributed by atoms with Crippen LogP contribution in [0.5, 0.6) is 5.75 Å². The lowest BCUT2D eigenvalue weighted by Crippen LogP contribution is -2.48. The predicted molar refractivity (Wildman–Crippen MR) is 183 cm³/mol. The molecule has 1 aliphatic rings. The van der Waals surface area contributed by atoms with Gasteiger partial charge < -0.3 is 35.1 Å². The van der Waals surface area contributed by atoms with E-state index in [-0.39, 0.29) is 18.1 Å². The Labute approximate surface area is 274 Å². The molecule has 0 aliphatic carbocycles. The zero-order valence-corrected chi connectivity index (χ0v) is 26.4. The van der Waals surface area contributed by atoms with Crippen molar-refractivity contribution >= 4 is 28.6 Å². The summed E-state index contributed by atoms with van der Waals surface area (Å²) in [7, 11) is 1.29. The number of carbonyl (C=O) groups is 2. The molecule has 2 amide bonds. The van der Waals surface area contributed by atoms with Crippen LogP contribution < -0.4 is 20.7 Å². The van der Waals surface area contributed by atoms with E-state index in [9.17, 15) is 9.59 Å². The van der Waals surface area contributed by atoms with Crippen LogP contribution in [0.15, 0.2) is 115 Å². The number of ether oxygens (including phenoxy) is 3. The highest BCUT2D eigenvalue weighted by Gasteiger charge is 2.33. The molecule has 0 spiro atoms. The topological polar surface area (TPSA) is 114 Å². The number of anilines is 1. The summed E-state index contributed by atoms with van der Waals surface area (Å²) in [5.74, 6) is 0.0113. The van der Waals surface area contributed by atoms with E-state index in [1.54, 1.807) is 0 Å². The smallest absolute Gasteiger partial charge is 0.407 e. The number of rotatable bonds is 12. The fourth-order valence-corrected chi connectivity index (χ4v) is 6.12. The molecule has 4 N–H and O–H groups in total. The maximum absolute atomic E-state index is 14.1. The largest absolute Gasteiger partial charge is 0.491 e. The Balaban J connectivity index is 1.12. The zero-order chi connectivity index (χ0) is 32.4. The van der Waals surface area contributed by atoms with E-state index in [1.165, 1.54) is 7.11 Å². The molecule has 1 aliphatic heterocycles. The fourth-order valence-electron chi connectivity index (χ4n) is 6.12. The van der Waals surface area contributed by atoms with Crippen molar-refractivity contribution in [3.05, 3.63) is 132 Å². The number of aryl methyl sites for hydroxylation is 1.